The van der Waals surface area contributed by atoms with Crippen molar-refractivity contribution in [2.24, 2.45) is 5.73 Å². The van der Waals surface area contributed by atoms with Crippen LogP contribution >= 0.6 is 47.2 Å². The zero-order chi connectivity index (χ0) is 11.4. The molecule has 0 bridgehead atoms. The quantitative estimate of drug-likeness (QED) is 0.612. The molecule has 0 amide bonds. The molecular weight excluding hydrogens is 288 g/mol. The second-order valence-electron chi connectivity index (χ2n) is 3.23. The van der Waals surface area contributed by atoms with Crippen molar-refractivity contribution < 1.29 is 0 Å². The number of hydrogen-bond acceptors (Lipinski definition) is 1. The lowest BCUT2D eigenvalue weighted by Gasteiger charge is -2.15. The molecule has 0 radical (unpaired) electrons. The van der Waals surface area contributed by atoms with Crippen molar-refractivity contribution in [1.82, 2.24) is 0 Å². The van der Waals surface area contributed by atoms with Crippen molar-refractivity contribution in [3.05, 3.63) is 45.4 Å². The number of allylic oxidation sites excluding steroid dienone is 1. The third-order valence-electron chi connectivity index (χ3n) is 2.13. The van der Waals surface area contributed by atoms with Crippen LogP contribution in [0.25, 0.3) is 0 Å². The highest BCUT2D eigenvalue weighted by atomic mass is 35.5. The molecule has 90 valence electrons. The molecule has 0 fully saturated rings. The molecule has 0 saturated heterocycles. The smallest absolute Gasteiger partial charge is 0.0654 e. The molecule has 0 heterocycles. The van der Waals surface area contributed by atoms with Crippen LogP contribution in [0.3, 0.4) is 0 Å². The zero-order valence-corrected chi connectivity index (χ0v) is 11.6. The van der Waals surface area contributed by atoms with E-state index >= 15 is 0 Å². The van der Waals surface area contributed by atoms with Crippen molar-refractivity contribution in [2.45, 2.75) is 18.9 Å². The fourth-order valence-corrected chi connectivity index (χ4v) is 2.14. The van der Waals surface area contributed by atoms with Gasteiger partial charge in [0.25, 0.3) is 0 Å². The molecule has 0 spiro atoms. The van der Waals surface area contributed by atoms with Crippen LogP contribution in [0.2, 0.25) is 15.1 Å². The van der Waals surface area contributed by atoms with Crippen molar-refractivity contribution in [1.29, 1.82) is 0 Å². The first-order chi connectivity index (χ1) is 7.07. The van der Waals surface area contributed by atoms with Crippen molar-refractivity contribution >= 4 is 47.2 Å². The second kappa shape index (κ2) is 7.41. The molecule has 0 saturated carbocycles. The van der Waals surface area contributed by atoms with E-state index < -0.39 is 0 Å². The summed E-state index contributed by atoms with van der Waals surface area (Å²) in [6, 6.07) is 3.16. The molecule has 1 atom stereocenters. The van der Waals surface area contributed by atoms with Crippen LogP contribution in [0, 0.1) is 0 Å². The summed E-state index contributed by atoms with van der Waals surface area (Å²) in [5, 5.41) is 1.48. The predicted octanol–water partition coefficient (Wildman–Crippen LogP) is 5.03. The SMILES string of the molecule is C=CCC[C@@H](N)c1c(Cl)ccc(Cl)c1Cl.Cl. The van der Waals surface area contributed by atoms with Crippen LogP contribution < -0.4 is 5.73 Å². The van der Waals surface area contributed by atoms with E-state index in [1.54, 1.807) is 12.1 Å². The number of halogens is 4. The molecule has 16 heavy (non-hydrogen) atoms. The molecule has 1 aromatic carbocycles. The standard InChI is InChI=1S/C11H12Cl3N.ClH/c1-2-3-4-9(15)10-7(12)5-6-8(13)11(10)14;/h2,5-6,9H,1,3-4,15H2;1H/t9-;/m1./s1. The summed E-state index contributed by atoms with van der Waals surface area (Å²) in [6.45, 7) is 3.64. The highest BCUT2D eigenvalue weighted by Crippen LogP contribution is 2.36. The van der Waals surface area contributed by atoms with Gasteiger partial charge in [0, 0.05) is 16.6 Å². The average molecular weight is 301 g/mol. The topological polar surface area (TPSA) is 26.0 Å². The predicted molar refractivity (Wildman–Crippen MR) is 75.1 cm³/mol. The largest absolute Gasteiger partial charge is 0.324 e. The van der Waals surface area contributed by atoms with E-state index in [0.717, 1.165) is 12.8 Å². The van der Waals surface area contributed by atoms with Gasteiger partial charge in [0.15, 0.2) is 0 Å². The van der Waals surface area contributed by atoms with E-state index in [4.69, 9.17) is 40.5 Å². The van der Waals surface area contributed by atoms with E-state index in [0.29, 0.717) is 20.6 Å². The van der Waals surface area contributed by atoms with Gasteiger partial charge in [-0.05, 0) is 25.0 Å². The van der Waals surface area contributed by atoms with Crippen molar-refractivity contribution in [2.75, 3.05) is 0 Å². The third kappa shape index (κ3) is 3.83. The Kier molecular flexibility index (Phi) is 7.45. The lowest BCUT2D eigenvalue weighted by atomic mass is 10.0. The first-order valence-corrected chi connectivity index (χ1v) is 5.71. The lowest BCUT2D eigenvalue weighted by Crippen LogP contribution is -2.11. The van der Waals surface area contributed by atoms with Gasteiger partial charge in [-0.1, -0.05) is 40.9 Å². The number of benzene rings is 1. The summed E-state index contributed by atoms with van der Waals surface area (Å²) >= 11 is 18.0. The van der Waals surface area contributed by atoms with Gasteiger partial charge in [-0.2, -0.15) is 0 Å². The monoisotopic (exact) mass is 299 g/mol. The van der Waals surface area contributed by atoms with Crippen LogP contribution in [-0.4, -0.2) is 0 Å². The van der Waals surface area contributed by atoms with Gasteiger partial charge in [0.05, 0.1) is 10.0 Å². The van der Waals surface area contributed by atoms with Gasteiger partial charge in [-0.25, -0.2) is 0 Å². The van der Waals surface area contributed by atoms with Crippen LogP contribution in [0.5, 0.6) is 0 Å². The lowest BCUT2D eigenvalue weighted by molar-refractivity contribution is 0.662. The maximum absolute atomic E-state index is 6.05. The molecule has 0 aliphatic carbocycles. The summed E-state index contributed by atoms with van der Waals surface area (Å²) in [7, 11) is 0. The Morgan fingerprint density at radius 3 is 2.38 bits per heavy atom. The van der Waals surface area contributed by atoms with Crippen LogP contribution in [0.15, 0.2) is 24.8 Å². The van der Waals surface area contributed by atoms with Gasteiger partial charge in [0.1, 0.15) is 0 Å². The van der Waals surface area contributed by atoms with Crippen LogP contribution in [0.4, 0.5) is 0 Å². The average Bonchev–Trinajstić information content (AvgIpc) is 2.21. The fraction of sp³-hybridized carbons (Fsp3) is 0.273. The molecule has 2 N–H and O–H groups in total. The van der Waals surface area contributed by atoms with E-state index in [-0.39, 0.29) is 18.4 Å². The van der Waals surface area contributed by atoms with Gasteiger partial charge >= 0.3 is 0 Å². The maximum Gasteiger partial charge on any atom is 0.0654 e. The molecule has 1 aromatic rings. The molecule has 5 heteroatoms. The molecule has 0 unspecified atom stereocenters. The van der Waals surface area contributed by atoms with E-state index in [2.05, 4.69) is 6.58 Å². The third-order valence-corrected chi connectivity index (χ3v) is 3.28. The normalized spacial score (nSPS) is 11.8. The van der Waals surface area contributed by atoms with E-state index in [1.165, 1.54) is 0 Å². The highest BCUT2D eigenvalue weighted by Gasteiger charge is 2.15. The fourth-order valence-electron chi connectivity index (χ4n) is 1.32. The molecule has 0 aromatic heterocycles. The Morgan fingerprint density at radius 1 is 1.25 bits per heavy atom. The van der Waals surface area contributed by atoms with Gasteiger partial charge in [-0.15, -0.1) is 19.0 Å². The van der Waals surface area contributed by atoms with Crippen molar-refractivity contribution in [3.8, 4) is 0 Å². The Morgan fingerprint density at radius 2 is 1.81 bits per heavy atom. The van der Waals surface area contributed by atoms with E-state index in [9.17, 15) is 0 Å². The maximum atomic E-state index is 6.05. The summed E-state index contributed by atoms with van der Waals surface area (Å²) in [5.41, 5.74) is 6.69. The molecule has 1 nitrogen and oxygen atoms in total. The summed E-state index contributed by atoms with van der Waals surface area (Å²) < 4.78 is 0. The number of rotatable bonds is 4. The first kappa shape index (κ1) is 16.1. The Bertz CT molecular complexity index is 365. The summed E-state index contributed by atoms with van der Waals surface area (Å²) in [5.74, 6) is 0. The molecule has 0 aliphatic heterocycles. The summed E-state index contributed by atoms with van der Waals surface area (Å²) in [6.07, 6.45) is 3.38. The number of nitrogens with two attached hydrogens (primary N) is 1. The van der Waals surface area contributed by atoms with Crippen molar-refractivity contribution in [3.63, 3.8) is 0 Å². The molecule has 1 rings (SSSR count). The molecule has 0 aliphatic rings. The van der Waals surface area contributed by atoms with Gasteiger partial charge in [-0.3, -0.25) is 0 Å². The van der Waals surface area contributed by atoms with Gasteiger partial charge in [0.2, 0.25) is 0 Å². The Labute approximate surface area is 117 Å². The number of hydrogen-bond donors (Lipinski definition) is 1. The first-order valence-electron chi connectivity index (χ1n) is 4.57. The van der Waals surface area contributed by atoms with Crippen LogP contribution in [-0.2, 0) is 0 Å². The summed E-state index contributed by atoms with van der Waals surface area (Å²) in [4.78, 5) is 0. The van der Waals surface area contributed by atoms with Crippen LogP contribution in [0.1, 0.15) is 24.4 Å². The minimum Gasteiger partial charge on any atom is -0.324 e. The highest BCUT2D eigenvalue weighted by molar-refractivity contribution is 6.44. The van der Waals surface area contributed by atoms with Gasteiger partial charge < -0.3 is 5.73 Å². The Balaban J connectivity index is 0.00000225. The molecular formula is C11H13Cl4N. The minimum atomic E-state index is -0.207. The zero-order valence-electron chi connectivity index (χ0n) is 8.55. The minimum absolute atomic E-state index is 0. The second-order valence-corrected chi connectivity index (χ2v) is 4.42. The van der Waals surface area contributed by atoms with E-state index in [1.807, 2.05) is 6.08 Å². The Hall–Kier alpha value is 0.0800.